The number of halogens is 2. The van der Waals surface area contributed by atoms with Crippen LogP contribution in [0, 0.1) is 0 Å². The first-order valence-corrected chi connectivity index (χ1v) is 5.73. The fraction of sp³-hybridized carbons (Fsp3) is 0.182. The third kappa shape index (κ3) is 1.95. The molecule has 0 saturated heterocycles. The van der Waals surface area contributed by atoms with Crippen LogP contribution in [0.5, 0.6) is 5.75 Å². The summed E-state index contributed by atoms with van der Waals surface area (Å²) in [6, 6.07) is 3.39. The third-order valence-corrected chi connectivity index (χ3v) is 3.16. The van der Waals surface area contributed by atoms with Crippen LogP contribution >= 0.6 is 27.5 Å². The first-order chi connectivity index (χ1) is 7.49. The smallest absolute Gasteiger partial charge is 0.345 e. The Hall–Kier alpha value is -1.00. The van der Waals surface area contributed by atoms with Gasteiger partial charge in [0, 0.05) is 17.0 Å². The Labute approximate surface area is 106 Å². The van der Waals surface area contributed by atoms with Crippen LogP contribution in [0.2, 0.25) is 5.02 Å². The van der Waals surface area contributed by atoms with Crippen molar-refractivity contribution in [3.63, 3.8) is 0 Å². The quantitative estimate of drug-likeness (QED) is 0.865. The maximum Gasteiger partial charge on any atom is 0.345 e. The molecule has 1 atom stereocenters. The Morgan fingerprint density at radius 3 is 2.94 bits per heavy atom. The lowest BCUT2D eigenvalue weighted by atomic mass is 9.97. The van der Waals surface area contributed by atoms with E-state index >= 15 is 0 Å². The van der Waals surface area contributed by atoms with Crippen LogP contribution in [0.3, 0.4) is 0 Å². The van der Waals surface area contributed by atoms with Crippen molar-refractivity contribution in [3.05, 3.63) is 33.8 Å². The summed E-state index contributed by atoms with van der Waals surface area (Å²) in [5, 5.41) is 9.48. The van der Waals surface area contributed by atoms with Gasteiger partial charge in [-0.25, -0.2) is 4.79 Å². The Bertz CT molecular complexity index is 484. The van der Waals surface area contributed by atoms with E-state index in [2.05, 4.69) is 22.5 Å². The number of rotatable bonds is 1. The van der Waals surface area contributed by atoms with Crippen LogP contribution in [-0.4, -0.2) is 17.2 Å². The zero-order valence-electron chi connectivity index (χ0n) is 8.17. The van der Waals surface area contributed by atoms with Crippen molar-refractivity contribution in [2.75, 3.05) is 0 Å². The SMILES string of the molecule is C=C1C[C@H](C(=O)O)Oc2c(Br)cc(Cl)cc21. The maximum absolute atomic E-state index is 10.9. The van der Waals surface area contributed by atoms with Gasteiger partial charge in [-0.2, -0.15) is 0 Å². The first-order valence-electron chi connectivity index (χ1n) is 4.55. The summed E-state index contributed by atoms with van der Waals surface area (Å²) in [4.78, 5) is 10.9. The minimum atomic E-state index is -0.992. The number of carboxylic acid groups (broad SMARTS) is 1. The second-order valence-corrected chi connectivity index (χ2v) is 4.81. The van der Waals surface area contributed by atoms with Crippen LogP contribution in [0.4, 0.5) is 0 Å². The molecular formula is C11H8BrClO3. The molecule has 0 fully saturated rings. The molecule has 5 heteroatoms. The summed E-state index contributed by atoms with van der Waals surface area (Å²) in [6.45, 7) is 3.85. The van der Waals surface area contributed by atoms with Crippen LogP contribution in [-0.2, 0) is 4.79 Å². The average Bonchev–Trinajstić information content (AvgIpc) is 2.19. The Kier molecular flexibility index (Phi) is 2.95. The van der Waals surface area contributed by atoms with Gasteiger partial charge in [-0.05, 0) is 33.6 Å². The lowest BCUT2D eigenvalue weighted by Crippen LogP contribution is -2.30. The predicted octanol–water partition coefficient (Wildman–Crippen LogP) is 3.35. The molecule has 0 bridgehead atoms. The number of carboxylic acids is 1. The fourth-order valence-electron chi connectivity index (χ4n) is 1.60. The number of hydrogen-bond acceptors (Lipinski definition) is 2. The third-order valence-electron chi connectivity index (χ3n) is 2.36. The molecule has 0 aromatic heterocycles. The molecule has 1 aliphatic rings. The van der Waals surface area contributed by atoms with E-state index in [1.165, 1.54) is 0 Å². The molecule has 16 heavy (non-hydrogen) atoms. The molecule has 1 heterocycles. The molecule has 0 radical (unpaired) electrons. The fourth-order valence-corrected chi connectivity index (χ4v) is 2.50. The standard InChI is InChI=1S/C11H8BrClO3/c1-5-2-9(11(14)15)16-10-7(5)3-6(13)4-8(10)12/h3-4,9H,1-2H2,(H,14,15)/t9-/m1/s1. The molecule has 0 amide bonds. The largest absolute Gasteiger partial charge is 0.478 e. The minimum absolute atomic E-state index is 0.273. The van der Waals surface area contributed by atoms with Crippen LogP contribution in [0.15, 0.2) is 23.2 Å². The molecule has 0 spiro atoms. The summed E-state index contributed by atoms with van der Waals surface area (Å²) < 4.78 is 6.02. The van der Waals surface area contributed by atoms with Gasteiger partial charge in [0.15, 0.2) is 6.10 Å². The van der Waals surface area contributed by atoms with E-state index in [0.717, 1.165) is 11.1 Å². The van der Waals surface area contributed by atoms with E-state index in [9.17, 15) is 4.79 Å². The van der Waals surface area contributed by atoms with Crippen molar-refractivity contribution < 1.29 is 14.6 Å². The lowest BCUT2D eigenvalue weighted by molar-refractivity contribution is -0.145. The minimum Gasteiger partial charge on any atom is -0.478 e. The van der Waals surface area contributed by atoms with Crippen molar-refractivity contribution in [2.45, 2.75) is 12.5 Å². The molecule has 3 nitrogen and oxygen atoms in total. The topological polar surface area (TPSA) is 46.5 Å². The van der Waals surface area contributed by atoms with E-state index in [4.69, 9.17) is 21.4 Å². The number of aliphatic carboxylic acids is 1. The monoisotopic (exact) mass is 302 g/mol. The van der Waals surface area contributed by atoms with Gasteiger partial charge in [-0.3, -0.25) is 0 Å². The predicted molar refractivity (Wildman–Crippen MR) is 64.9 cm³/mol. The Balaban J connectivity index is 2.50. The Morgan fingerprint density at radius 1 is 1.62 bits per heavy atom. The van der Waals surface area contributed by atoms with Crippen molar-refractivity contribution >= 4 is 39.1 Å². The van der Waals surface area contributed by atoms with Crippen molar-refractivity contribution in [1.29, 1.82) is 0 Å². The second kappa shape index (κ2) is 4.11. The summed E-state index contributed by atoms with van der Waals surface area (Å²) in [5.74, 6) is -0.498. The molecule has 2 rings (SSSR count). The summed E-state index contributed by atoms with van der Waals surface area (Å²) in [6.07, 6.45) is -0.604. The molecule has 0 aliphatic carbocycles. The van der Waals surface area contributed by atoms with Gasteiger partial charge < -0.3 is 9.84 Å². The van der Waals surface area contributed by atoms with Gasteiger partial charge in [0.25, 0.3) is 0 Å². The lowest BCUT2D eigenvalue weighted by Gasteiger charge is -2.26. The van der Waals surface area contributed by atoms with Crippen molar-refractivity contribution in [1.82, 2.24) is 0 Å². The van der Waals surface area contributed by atoms with E-state index in [-0.39, 0.29) is 6.42 Å². The van der Waals surface area contributed by atoms with Crippen LogP contribution in [0.1, 0.15) is 12.0 Å². The highest BCUT2D eigenvalue weighted by molar-refractivity contribution is 9.10. The summed E-state index contributed by atoms with van der Waals surface area (Å²) in [7, 11) is 0. The molecule has 1 N–H and O–H groups in total. The van der Waals surface area contributed by atoms with E-state index < -0.39 is 12.1 Å². The molecule has 84 valence electrons. The first kappa shape index (κ1) is 11.5. The highest BCUT2D eigenvalue weighted by Gasteiger charge is 2.29. The van der Waals surface area contributed by atoms with Gasteiger partial charge in [-0.15, -0.1) is 0 Å². The van der Waals surface area contributed by atoms with Crippen LogP contribution in [0.25, 0.3) is 5.57 Å². The number of ether oxygens (including phenoxy) is 1. The normalized spacial score (nSPS) is 18.9. The number of carbonyl (C=O) groups is 1. The zero-order chi connectivity index (χ0) is 11.9. The van der Waals surface area contributed by atoms with E-state index in [1.807, 2.05) is 0 Å². The molecule has 1 aromatic rings. The van der Waals surface area contributed by atoms with E-state index in [0.29, 0.717) is 15.2 Å². The van der Waals surface area contributed by atoms with Crippen molar-refractivity contribution in [3.8, 4) is 5.75 Å². The van der Waals surface area contributed by atoms with Gasteiger partial charge >= 0.3 is 5.97 Å². The van der Waals surface area contributed by atoms with Gasteiger partial charge in [0.2, 0.25) is 0 Å². The number of benzene rings is 1. The van der Waals surface area contributed by atoms with Gasteiger partial charge in [-0.1, -0.05) is 18.2 Å². The van der Waals surface area contributed by atoms with Gasteiger partial charge in [0.05, 0.1) is 4.47 Å². The van der Waals surface area contributed by atoms with Gasteiger partial charge in [0.1, 0.15) is 5.75 Å². The number of hydrogen-bond donors (Lipinski definition) is 1. The highest BCUT2D eigenvalue weighted by Crippen LogP contribution is 2.41. The molecule has 0 saturated carbocycles. The molecule has 1 aromatic carbocycles. The second-order valence-electron chi connectivity index (χ2n) is 3.52. The molecule has 1 aliphatic heterocycles. The highest BCUT2D eigenvalue weighted by atomic mass is 79.9. The maximum atomic E-state index is 10.9. The van der Waals surface area contributed by atoms with Crippen LogP contribution < -0.4 is 4.74 Å². The summed E-state index contributed by atoms with van der Waals surface area (Å²) in [5.41, 5.74) is 1.48. The van der Waals surface area contributed by atoms with E-state index in [1.54, 1.807) is 12.1 Å². The molecular weight excluding hydrogens is 295 g/mol. The Morgan fingerprint density at radius 2 is 2.31 bits per heavy atom. The summed E-state index contributed by atoms with van der Waals surface area (Å²) >= 11 is 9.20. The number of fused-ring (bicyclic) bond motifs is 1. The zero-order valence-corrected chi connectivity index (χ0v) is 10.5. The van der Waals surface area contributed by atoms with Crippen molar-refractivity contribution in [2.24, 2.45) is 0 Å². The molecule has 0 unspecified atom stereocenters. The average molecular weight is 304 g/mol.